The molecule has 3 nitrogen and oxygen atoms in total. The van der Waals surface area contributed by atoms with E-state index >= 15 is 0 Å². The number of benzene rings is 1. The normalized spacial score (nSPS) is 11.5. The number of hydrogen-bond donors (Lipinski definition) is 0. The van der Waals surface area contributed by atoms with Crippen LogP contribution in [0.4, 0.5) is 4.39 Å². The predicted molar refractivity (Wildman–Crippen MR) is 61.3 cm³/mol. The molecule has 0 bridgehead atoms. The van der Waals surface area contributed by atoms with E-state index in [0.717, 1.165) is 6.07 Å². The summed E-state index contributed by atoms with van der Waals surface area (Å²) in [5.41, 5.74) is 0.498. The van der Waals surface area contributed by atoms with Gasteiger partial charge in [-0.3, -0.25) is 0 Å². The second kappa shape index (κ2) is 5.21. The van der Waals surface area contributed by atoms with Gasteiger partial charge in [-0.15, -0.1) is 0 Å². The molecule has 0 radical (unpaired) electrons. The predicted octanol–water partition coefficient (Wildman–Crippen LogP) is 2.60. The lowest BCUT2D eigenvalue weighted by Crippen LogP contribution is -2.03. The van der Waals surface area contributed by atoms with Gasteiger partial charge >= 0.3 is 0 Å². The molecule has 1 rings (SSSR count). The number of aryl methyl sites for hydroxylation is 1. The molecule has 0 aliphatic heterocycles. The van der Waals surface area contributed by atoms with Gasteiger partial charge in [0.25, 0.3) is 0 Å². The monoisotopic (exact) mass is 286 g/mol. The molecule has 0 amide bonds. The highest BCUT2D eigenvalue weighted by Gasteiger charge is 2.12. The van der Waals surface area contributed by atoms with Gasteiger partial charge in [-0.25, -0.2) is 12.8 Å². The lowest BCUT2D eigenvalue weighted by atomic mass is 10.1. The van der Waals surface area contributed by atoms with Gasteiger partial charge in [0.05, 0.1) is 17.9 Å². The van der Waals surface area contributed by atoms with Crippen molar-refractivity contribution in [3.8, 4) is 5.75 Å². The molecule has 0 atom stereocenters. The lowest BCUT2D eigenvalue weighted by Gasteiger charge is -2.08. The highest BCUT2D eigenvalue weighted by Crippen LogP contribution is 2.26. The Morgan fingerprint density at radius 2 is 2.06 bits per heavy atom. The van der Waals surface area contributed by atoms with Crippen molar-refractivity contribution in [3.63, 3.8) is 0 Å². The molecule has 0 spiro atoms. The number of hydrogen-bond acceptors (Lipinski definition) is 3. The van der Waals surface area contributed by atoms with E-state index in [-0.39, 0.29) is 22.9 Å². The minimum absolute atomic E-state index is 0.0808. The van der Waals surface area contributed by atoms with Crippen LogP contribution in [0.25, 0.3) is 0 Å². The van der Waals surface area contributed by atoms with Crippen molar-refractivity contribution in [1.29, 1.82) is 0 Å². The summed E-state index contributed by atoms with van der Waals surface area (Å²) in [4.78, 5) is 0. The summed E-state index contributed by atoms with van der Waals surface area (Å²) >= 11 is 5.58. The van der Waals surface area contributed by atoms with E-state index in [1.807, 2.05) is 0 Å². The Hall–Kier alpha value is -0.520. The molecule has 0 aliphatic rings. The first kappa shape index (κ1) is 13.5. The van der Waals surface area contributed by atoms with Crippen LogP contribution < -0.4 is 4.74 Å². The standard InChI is InChI=1S/C9H9Cl2FO3S/c1-15-9-5-8(12)7(10)4-6(9)2-3-16(11,13)14/h4-5H,2-3H2,1H3. The first-order valence-corrected chi connectivity index (χ1v) is 7.13. The summed E-state index contributed by atoms with van der Waals surface area (Å²) in [6, 6.07) is 2.44. The third kappa shape index (κ3) is 3.81. The van der Waals surface area contributed by atoms with Crippen molar-refractivity contribution in [3.05, 3.63) is 28.5 Å². The molecule has 0 saturated heterocycles. The third-order valence-electron chi connectivity index (χ3n) is 1.94. The summed E-state index contributed by atoms with van der Waals surface area (Å²) in [6.07, 6.45) is 0.120. The van der Waals surface area contributed by atoms with Gasteiger partial charge in [-0.2, -0.15) is 0 Å². The molecule has 0 unspecified atom stereocenters. The molecule has 0 saturated carbocycles. The molecule has 1 aromatic carbocycles. The Bertz CT molecular complexity index is 488. The molecule has 7 heteroatoms. The maximum Gasteiger partial charge on any atom is 0.232 e. The molecule has 0 aliphatic carbocycles. The second-order valence-electron chi connectivity index (χ2n) is 3.07. The smallest absolute Gasteiger partial charge is 0.232 e. The number of halogens is 3. The minimum atomic E-state index is -3.59. The third-order valence-corrected chi connectivity index (χ3v) is 3.38. The summed E-state index contributed by atoms with van der Waals surface area (Å²) in [7, 11) is 2.85. The highest BCUT2D eigenvalue weighted by molar-refractivity contribution is 8.13. The van der Waals surface area contributed by atoms with E-state index in [4.69, 9.17) is 27.0 Å². The summed E-state index contributed by atoms with van der Waals surface area (Å²) < 4.78 is 39.5. The summed E-state index contributed by atoms with van der Waals surface area (Å²) in [6.45, 7) is 0. The molecule has 0 aromatic heterocycles. The van der Waals surface area contributed by atoms with Crippen LogP contribution in [0.2, 0.25) is 5.02 Å². The van der Waals surface area contributed by atoms with Crippen LogP contribution in [-0.4, -0.2) is 21.3 Å². The van der Waals surface area contributed by atoms with Gasteiger partial charge in [-0.1, -0.05) is 11.6 Å². The average molecular weight is 287 g/mol. The van der Waals surface area contributed by atoms with Gasteiger partial charge in [0.15, 0.2) is 0 Å². The molecule has 0 heterocycles. The van der Waals surface area contributed by atoms with Crippen molar-refractivity contribution in [2.24, 2.45) is 0 Å². The van der Waals surface area contributed by atoms with Gasteiger partial charge in [0.2, 0.25) is 9.05 Å². The molecule has 1 aromatic rings. The van der Waals surface area contributed by atoms with E-state index in [1.54, 1.807) is 0 Å². The van der Waals surface area contributed by atoms with Crippen LogP contribution >= 0.6 is 22.3 Å². The zero-order chi connectivity index (χ0) is 12.3. The quantitative estimate of drug-likeness (QED) is 0.799. The van der Waals surface area contributed by atoms with Crippen LogP contribution in [0, 0.1) is 5.82 Å². The molecule has 0 fully saturated rings. The fourth-order valence-electron chi connectivity index (χ4n) is 1.19. The van der Waals surface area contributed by atoms with Crippen molar-refractivity contribution in [1.82, 2.24) is 0 Å². The van der Waals surface area contributed by atoms with Gasteiger partial charge in [0, 0.05) is 16.7 Å². The number of ether oxygens (including phenoxy) is 1. The fraction of sp³-hybridized carbons (Fsp3) is 0.333. The molecule has 16 heavy (non-hydrogen) atoms. The van der Waals surface area contributed by atoms with E-state index in [9.17, 15) is 12.8 Å². The maximum atomic E-state index is 13.1. The van der Waals surface area contributed by atoms with Crippen molar-refractivity contribution in [2.45, 2.75) is 6.42 Å². The van der Waals surface area contributed by atoms with Crippen LogP contribution in [0.3, 0.4) is 0 Å². The topological polar surface area (TPSA) is 43.4 Å². The second-order valence-corrected chi connectivity index (χ2v) is 6.37. The molecule has 90 valence electrons. The Labute approximate surface area is 103 Å². The first-order chi connectivity index (χ1) is 7.33. The van der Waals surface area contributed by atoms with Crippen molar-refractivity contribution in [2.75, 3.05) is 12.9 Å². The number of rotatable bonds is 4. The zero-order valence-electron chi connectivity index (χ0n) is 8.34. The maximum absolute atomic E-state index is 13.1. The van der Waals surface area contributed by atoms with E-state index in [2.05, 4.69) is 0 Å². The van der Waals surface area contributed by atoms with Gasteiger partial charge in [-0.05, 0) is 18.1 Å². The van der Waals surface area contributed by atoms with Gasteiger partial charge in [0.1, 0.15) is 11.6 Å². The zero-order valence-corrected chi connectivity index (χ0v) is 10.7. The number of methoxy groups -OCH3 is 1. The van der Waals surface area contributed by atoms with Crippen molar-refractivity contribution >= 4 is 31.3 Å². The largest absolute Gasteiger partial charge is 0.496 e. The Balaban J connectivity index is 2.99. The van der Waals surface area contributed by atoms with Crippen LogP contribution in [0.15, 0.2) is 12.1 Å². The minimum Gasteiger partial charge on any atom is -0.496 e. The van der Waals surface area contributed by atoms with Crippen LogP contribution in [0.1, 0.15) is 5.56 Å². The fourth-order valence-corrected chi connectivity index (χ4v) is 2.07. The lowest BCUT2D eigenvalue weighted by molar-refractivity contribution is 0.406. The average Bonchev–Trinajstić information content (AvgIpc) is 2.18. The van der Waals surface area contributed by atoms with Crippen molar-refractivity contribution < 1.29 is 17.5 Å². The van der Waals surface area contributed by atoms with Gasteiger partial charge < -0.3 is 4.74 Å². The van der Waals surface area contributed by atoms with E-state index in [0.29, 0.717) is 5.56 Å². The van der Waals surface area contributed by atoms with Crippen LogP contribution in [-0.2, 0) is 15.5 Å². The van der Waals surface area contributed by atoms with Crippen LogP contribution in [0.5, 0.6) is 5.75 Å². The molecule has 0 N–H and O–H groups in total. The molecular weight excluding hydrogens is 278 g/mol. The summed E-state index contributed by atoms with van der Waals surface area (Å²) in [5, 5.41) is -0.0808. The Kier molecular flexibility index (Phi) is 4.41. The highest BCUT2D eigenvalue weighted by atomic mass is 35.7. The molecular formula is C9H9Cl2FO3S. The van der Waals surface area contributed by atoms with E-state index < -0.39 is 14.9 Å². The van der Waals surface area contributed by atoms with E-state index in [1.165, 1.54) is 13.2 Å². The Morgan fingerprint density at radius 1 is 1.44 bits per heavy atom. The SMILES string of the molecule is COc1cc(F)c(Cl)cc1CCS(=O)(=O)Cl. The Morgan fingerprint density at radius 3 is 2.56 bits per heavy atom. The first-order valence-electron chi connectivity index (χ1n) is 4.27. The summed E-state index contributed by atoms with van der Waals surface area (Å²) in [5.74, 6) is -0.620.